The number of sulfonamides is 1. The largest absolute Gasteiger partial charge is 0.497 e. The maximum Gasteiger partial charge on any atom is 0.267 e. The number of nitrogens with two attached hydrogens (primary N) is 1. The van der Waals surface area contributed by atoms with Crippen molar-refractivity contribution in [2.75, 3.05) is 7.11 Å². The van der Waals surface area contributed by atoms with E-state index in [2.05, 4.69) is 0 Å². The highest BCUT2D eigenvalue weighted by molar-refractivity contribution is 7.90. The Labute approximate surface area is 164 Å². The number of rotatable bonds is 6. The monoisotopic (exact) mass is 420 g/mol. The van der Waals surface area contributed by atoms with E-state index in [0.717, 1.165) is 9.54 Å². The van der Waals surface area contributed by atoms with Crippen molar-refractivity contribution in [3.05, 3.63) is 77.6 Å². The predicted octanol–water partition coefficient (Wildman–Crippen LogP) is 2.28. The molecule has 0 aliphatic heterocycles. The molecular formula is C19H20N2O5S2. The third kappa shape index (κ3) is 3.96. The van der Waals surface area contributed by atoms with E-state index in [-0.39, 0.29) is 21.9 Å². The van der Waals surface area contributed by atoms with Crippen LogP contribution in [0.3, 0.4) is 0 Å². The van der Waals surface area contributed by atoms with Gasteiger partial charge in [-0.15, -0.1) is 0 Å². The summed E-state index contributed by atoms with van der Waals surface area (Å²) >= 11 is 0. The van der Waals surface area contributed by atoms with Crippen LogP contribution in [0.25, 0.3) is 0 Å². The predicted molar refractivity (Wildman–Crippen MR) is 105 cm³/mol. The molecule has 0 amide bonds. The highest BCUT2D eigenvalue weighted by Gasteiger charge is 2.26. The van der Waals surface area contributed by atoms with Crippen molar-refractivity contribution in [1.29, 1.82) is 0 Å². The summed E-state index contributed by atoms with van der Waals surface area (Å²) in [5.41, 5.74) is 1.70. The van der Waals surface area contributed by atoms with E-state index >= 15 is 0 Å². The van der Waals surface area contributed by atoms with Gasteiger partial charge in [0.1, 0.15) is 10.6 Å². The Morgan fingerprint density at radius 1 is 0.929 bits per heavy atom. The first-order valence-corrected chi connectivity index (χ1v) is 11.3. The molecular weight excluding hydrogens is 400 g/mol. The Hall–Kier alpha value is -2.62. The quantitative estimate of drug-likeness (QED) is 0.658. The minimum atomic E-state index is -4.10. The maximum absolute atomic E-state index is 13.1. The second-order valence-corrected chi connectivity index (χ2v) is 9.66. The lowest BCUT2D eigenvalue weighted by molar-refractivity contribution is 0.414. The first-order valence-electron chi connectivity index (χ1n) is 8.31. The van der Waals surface area contributed by atoms with Crippen LogP contribution in [0.5, 0.6) is 5.75 Å². The fourth-order valence-corrected chi connectivity index (χ4v) is 5.03. The van der Waals surface area contributed by atoms with Gasteiger partial charge in [-0.3, -0.25) is 0 Å². The number of primary sulfonamides is 1. The SMILES string of the molecule is COc1ccc(Cc2c(S(N)(=O)=O)ccn2S(=O)(=O)c2ccc(C)cc2)cc1. The molecule has 0 atom stereocenters. The van der Waals surface area contributed by atoms with Gasteiger partial charge < -0.3 is 4.74 Å². The molecule has 3 aromatic rings. The molecule has 9 heteroatoms. The zero-order chi connectivity index (χ0) is 20.5. The van der Waals surface area contributed by atoms with E-state index in [0.29, 0.717) is 11.3 Å². The van der Waals surface area contributed by atoms with Crippen LogP contribution in [0.15, 0.2) is 70.6 Å². The van der Waals surface area contributed by atoms with Crippen molar-refractivity contribution >= 4 is 20.0 Å². The summed E-state index contributed by atoms with van der Waals surface area (Å²) in [6.07, 6.45) is 1.28. The van der Waals surface area contributed by atoms with Crippen LogP contribution in [-0.2, 0) is 26.5 Å². The van der Waals surface area contributed by atoms with Gasteiger partial charge in [0.05, 0.1) is 17.7 Å². The van der Waals surface area contributed by atoms with E-state index in [9.17, 15) is 16.8 Å². The van der Waals surface area contributed by atoms with E-state index in [1.165, 1.54) is 31.5 Å². The van der Waals surface area contributed by atoms with Crippen LogP contribution in [0.1, 0.15) is 16.8 Å². The minimum Gasteiger partial charge on any atom is -0.497 e. The van der Waals surface area contributed by atoms with Crippen LogP contribution in [0.2, 0.25) is 0 Å². The lowest BCUT2D eigenvalue weighted by atomic mass is 10.1. The van der Waals surface area contributed by atoms with Crippen molar-refractivity contribution in [3.63, 3.8) is 0 Å². The minimum absolute atomic E-state index is 0.0608. The molecule has 2 aromatic carbocycles. The molecule has 0 aliphatic carbocycles. The summed E-state index contributed by atoms with van der Waals surface area (Å²) < 4.78 is 56.3. The number of aromatic nitrogens is 1. The standard InChI is InChI=1S/C19H20N2O5S2/c1-14-3-9-17(10-4-14)28(24,25)21-12-11-19(27(20,22)23)18(21)13-15-5-7-16(26-2)8-6-15/h3-12H,13H2,1-2H3,(H2,20,22,23). The summed E-state index contributed by atoms with van der Waals surface area (Å²) in [5.74, 6) is 0.637. The molecule has 148 valence electrons. The van der Waals surface area contributed by atoms with Gasteiger partial charge in [0, 0.05) is 12.6 Å². The van der Waals surface area contributed by atoms with Gasteiger partial charge in [0.25, 0.3) is 10.0 Å². The molecule has 1 aromatic heterocycles. The fraction of sp³-hybridized carbons (Fsp3) is 0.158. The van der Waals surface area contributed by atoms with Crippen LogP contribution in [0.4, 0.5) is 0 Å². The normalized spacial score (nSPS) is 12.1. The highest BCUT2D eigenvalue weighted by atomic mass is 32.2. The van der Waals surface area contributed by atoms with E-state index in [1.807, 2.05) is 6.92 Å². The molecule has 1 heterocycles. The third-order valence-electron chi connectivity index (χ3n) is 4.33. The molecule has 0 saturated carbocycles. The topological polar surface area (TPSA) is 108 Å². The van der Waals surface area contributed by atoms with Gasteiger partial charge in [-0.2, -0.15) is 0 Å². The second kappa shape index (κ2) is 7.42. The number of methoxy groups -OCH3 is 1. The zero-order valence-corrected chi connectivity index (χ0v) is 17.0. The molecule has 0 unspecified atom stereocenters. The average Bonchev–Trinajstić information content (AvgIpc) is 3.07. The number of hydrogen-bond donors (Lipinski definition) is 1. The molecule has 0 bridgehead atoms. The number of benzene rings is 2. The molecule has 0 fully saturated rings. The summed E-state index contributed by atoms with van der Waals surface area (Å²) in [4.78, 5) is -0.162. The lowest BCUT2D eigenvalue weighted by Crippen LogP contribution is -2.19. The Morgan fingerprint density at radius 3 is 2.07 bits per heavy atom. The molecule has 3 rings (SSSR count). The summed E-state index contributed by atoms with van der Waals surface area (Å²) in [6.45, 7) is 1.85. The van der Waals surface area contributed by atoms with Crippen molar-refractivity contribution in [3.8, 4) is 5.75 Å². The van der Waals surface area contributed by atoms with Crippen molar-refractivity contribution < 1.29 is 21.6 Å². The van der Waals surface area contributed by atoms with Gasteiger partial charge in [0.15, 0.2) is 0 Å². The van der Waals surface area contributed by atoms with E-state index in [1.54, 1.807) is 36.4 Å². The lowest BCUT2D eigenvalue weighted by Gasteiger charge is -2.13. The van der Waals surface area contributed by atoms with Crippen LogP contribution >= 0.6 is 0 Å². The Morgan fingerprint density at radius 2 is 1.54 bits per heavy atom. The Balaban J connectivity index is 2.14. The summed E-state index contributed by atoms with van der Waals surface area (Å²) in [6, 6.07) is 14.4. The number of hydrogen-bond acceptors (Lipinski definition) is 5. The molecule has 28 heavy (non-hydrogen) atoms. The van der Waals surface area contributed by atoms with Crippen LogP contribution in [-0.4, -0.2) is 27.9 Å². The van der Waals surface area contributed by atoms with Crippen LogP contribution < -0.4 is 9.88 Å². The number of ether oxygens (including phenoxy) is 1. The van der Waals surface area contributed by atoms with Crippen LogP contribution in [0, 0.1) is 6.92 Å². The maximum atomic E-state index is 13.1. The van der Waals surface area contributed by atoms with Gasteiger partial charge in [-0.1, -0.05) is 29.8 Å². The van der Waals surface area contributed by atoms with E-state index in [4.69, 9.17) is 9.88 Å². The zero-order valence-electron chi connectivity index (χ0n) is 15.4. The first-order chi connectivity index (χ1) is 13.1. The van der Waals surface area contributed by atoms with Crippen molar-refractivity contribution in [1.82, 2.24) is 3.97 Å². The van der Waals surface area contributed by atoms with Gasteiger partial charge in [-0.25, -0.2) is 25.9 Å². The molecule has 2 N–H and O–H groups in total. The van der Waals surface area contributed by atoms with Gasteiger partial charge >= 0.3 is 0 Å². The fourth-order valence-electron chi connectivity index (χ4n) is 2.84. The molecule has 0 saturated heterocycles. The smallest absolute Gasteiger partial charge is 0.267 e. The number of aryl methyl sites for hydroxylation is 1. The van der Waals surface area contributed by atoms with Gasteiger partial charge in [0.2, 0.25) is 10.0 Å². The molecule has 0 spiro atoms. The first kappa shape index (κ1) is 20.1. The average molecular weight is 421 g/mol. The molecule has 7 nitrogen and oxygen atoms in total. The highest BCUT2D eigenvalue weighted by Crippen LogP contribution is 2.25. The van der Waals surface area contributed by atoms with E-state index < -0.39 is 20.0 Å². The summed E-state index contributed by atoms with van der Waals surface area (Å²) in [5, 5.41) is 5.32. The number of nitrogens with zero attached hydrogens (tertiary/aromatic N) is 1. The van der Waals surface area contributed by atoms with Crippen molar-refractivity contribution in [2.24, 2.45) is 5.14 Å². The molecule has 0 aliphatic rings. The molecule has 0 radical (unpaired) electrons. The third-order valence-corrected chi connectivity index (χ3v) is 7.04. The Bertz CT molecular complexity index is 1190. The van der Waals surface area contributed by atoms with Gasteiger partial charge in [-0.05, 0) is 42.8 Å². The second-order valence-electron chi connectivity index (χ2n) is 6.31. The van der Waals surface area contributed by atoms with Crippen molar-refractivity contribution in [2.45, 2.75) is 23.1 Å². The Kier molecular flexibility index (Phi) is 5.33. The summed E-state index contributed by atoms with van der Waals surface area (Å²) in [7, 11) is -6.56.